The number of ether oxygens (including phenoxy) is 2. The van der Waals surface area contributed by atoms with Crippen molar-refractivity contribution in [3.63, 3.8) is 0 Å². The summed E-state index contributed by atoms with van der Waals surface area (Å²) in [5, 5.41) is 7.89. The largest absolute Gasteiger partial charge is 0.493 e. The topological polar surface area (TPSA) is 76.1 Å². The molecule has 150 valence electrons. The van der Waals surface area contributed by atoms with Gasteiger partial charge in [-0.25, -0.2) is 4.79 Å². The van der Waals surface area contributed by atoms with Crippen molar-refractivity contribution in [1.82, 2.24) is 4.90 Å². The van der Waals surface area contributed by atoms with Gasteiger partial charge in [0.1, 0.15) is 5.76 Å². The number of ketones is 1. The van der Waals surface area contributed by atoms with Gasteiger partial charge in [-0.3, -0.25) is 4.79 Å². The van der Waals surface area contributed by atoms with Crippen molar-refractivity contribution in [2.24, 2.45) is 23.2 Å². The molecule has 6 atom stereocenters. The second kappa shape index (κ2) is 6.62. The second-order valence-electron chi connectivity index (χ2n) is 8.45. The third-order valence-electron chi connectivity index (χ3n) is 7.08. The molecule has 0 aromatic heterocycles. The van der Waals surface area contributed by atoms with E-state index in [4.69, 9.17) is 14.6 Å². The van der Waals surface area contributed by atoms with Crippen LogP contribution in [-0.4, -0.2) is 54.6 Å². The van der Waals surface area contributed by atoms with E-state index in [1.165, 1.54) is 6.92 Å². The van der Waals surface area contributed by atoms with E-state index in [0.717, 1.165) is 30.9 Å². The number of likely N-dealkylation sites (tertiary alicyclic amines) is 1. The minimum Gasteiger partial charge on any atom is -0.493 e. The smallest absolute Gasteiger partial charge is 0.330 e. The summed E-state index contributed by atoms with van der Waals surface area (Å²) in [4.78, 5) is 24.6. The fraction of sp³-hybridized carbons (Fsp3) is 0.545. The summed E-state index contributed by atoms with van der Waals surface area (Å²) >= 11 is 0. The molecule has 2 unspecified atom stereocenters. The van der Waals surface area contributed by atoms with Crippen molar-refractivity contribution in [2.75, 3.05) is 20.7 Å². The van der Waals surface area contributed by atoms with E-state index in [-0.39, 0.29) is 22.9 Å². The Labute approximate surface area is 165 Å². The predicted molar refractivity (Wildman–Crippen MR) is 103 cm³/mol. The molecule has 1 N–H and O–H groups in total. The van der Waals surface area contributed by atoms with Gasteiger partial charge in [0.2, 0.25) is 0 Å². The van der Waals surface area contributed by atoms with Crippen LogP contribution in [0.4, 0.5) is 0 Å². The summed E-state index contributed by atoms with van der Waals surface area (Å²) in [5.74, 6) is 2.13. The number of carbonyl (C=O) groups excluding carboxylic acids is 1. The van der Waals surface area contributed by atoms with Crippen molar-refractivity contribution >= 4 is 11.8 Å². The Morgan fingerprint density at radius 1 is 1.39 bits per heavy atom. The molecule has 0 aromatic carbocycles. The molecule has 0 aromatic rings. The minimum absolute atomic E-state index is 0.0597. The van der Waals surface area contributed by atoms with Crippen LogP contribution in [0.15, 0.2) is 48.0 Å². The summed E-state index contributed by atoms with van der Waals surface area (Å²) < 4.78 is 11.8. The summed E-state index contributed by atoms with van der Waals surface area (Å²) in [6.45, 7) is 5.65. The van der Waals surface area contributed by atoms with Crippen molar-refractivity contribution < 1.29 is 24.2 Å². The highest BCUT2D eigenvalue weighted by Crippen LogP contribution is 2.66. The molecule has 0 amide bonds. The molecule has 1 saturated carbocycles. The van der Waals surface area contributed by atoms with Gasteiger partial charge >= 0.3 is 5.97 Å². The molecule has 6 heteroatoms. The Morgan fingerprint density at radius 3 is 2.75 bits per heavy atom. The van der Waals surface area contributed by atoms with Crippen molar-refractivity contribution in [1.29, 1.82) is 0 Å². The summed E-state index contributed by atoms with van der Waals surface area (Å²) in [6, 6.07) is 0.513. The molecule has 5 aliphatic rings. The van der Waals surface area contributed by atoms with Gasteiger partial charge in [0.15, 0.2) is 17.6 Å². The predicted octanol–water partition coefficient (Wildman–Crippen LogP) is 2.54. The Balaban J connectivity index is 0.000000283. The zero-order chi connectivity index (χ0) is 20.2. The number of methoxy groups -OCH3 is 1. The summed E-state index contributed by atoms with van der Waals surface area (Å²) in [6.07, 6.45) is 10.1. The van der Waals surface area contributed by atoms with Crippen molar-refractivity contribution in [2.45, 2.75) is 31.9 Å². The second-order valence-corrected chi connectivity index (χ2v) is 8.45. The molecule has 2 heterocycles. The first-order chi connectivity index (χ1) is 13.3. The fourth-order valence-electron chi connectivity index (χ4n) is 5.83. The van der Waals surface area contributed by atoms with Crippen LogP contribution in [0.3, 0.4) is 0 Å². The number of hydrogen-bond acceptors (Lipinski definition) is 5. The molecular formula is C22H27NO5. The Hall–Kier alpha value is -2.34. The average Bonchev–Trinajstić information content (AvgIpc) is 3.02. The lowest BCUT2D eigenvalue weighted by Gasteiger charge is -2.59. The van der Waals surface area contributed by atoms with Crippen LogP contribution < -0.4 is 0 Å². The van der Waals surface area contributed by atoms with Gasteiger partial charge < -0.3 is 19.5 Å². The number of hydrogen-bond donors (Lipinski definition) is 1. The van der Waals surface area contributed by atoms with Gasteiger partial charge in [-0.15, -0.1) is 0 Å². The van der Waals surface area contributed by atoms with Crippen LogP contribution in [-0.2, 0) is 19.1 Å². The molecule has 1 spiro atoms. The van der Waals surface area contributed by atoms with Gasteiger partial charge in [0, 0.05) is 28.9 Å². The highest BCUT2D eigenvalue weighted by Gasteiger charge is 2.69. The molecule has 0 radical (unpaired) electrons. The van der Waals surface area contributed by atoms with Gasteiger partial charge in [-0.05, 0) is 51.4 Å². The number of carboxylic acids is 1. The van der Waals surface area contributed by atoms with Crippen LogP contribution in [0.2, 0.25) is 0 Å². The van der Waals surface area contributed by atoms with E-state index in [9.17, 15) is 9.59 Å². The maximum atomic E-state index is 12.6. The lowest BCUT2D eigenvalue weighted by Crippen LogP contribution is -2.64. The number of allylic oxidation sites excluding steroid dienone is 3. The average molecular weight is 385 g/mol. The van der Waals surface area contributed by atoms with E-state index in [0.29, 0.717) is 23.8 Å². The first-order valence-corrected chi connectivity index (χ1v) is 9.75. The number of carboxylic acid groups (broad SMARTS) is 1. The zero-order valence-corrected chi connectivity index (χ0v) is 16.6. The van der Waals surface area contributed by atoms with Gasteiger partial charge in [-0.2, -0.15) is 0 Å². The SMILES string of the molecule is C=C(C)C(=O)O.COC1=C2O[C@H]3C(=O)C=C[C@H]4[C@H]5CC(C=C1)C2[C@@]34CCN5C. The summed E-state index contributed by atoms with van der Waals surface area (Å²) in [7, 11) is 3.91. The molecule has 2 aliphatic heterocycles. The molecule has 3 aliphatic carbocycles. The zero-order valence-electron chi connectivity index (χ0n) is 16.6. The third-order valence-corrected chi connectivity index (χ3v) is 7.08. The minimum atomic E-state index is -0.935. The van der Waals surface area contributed by atoms with Gasteiger partial charge in [0.25, 0.3) is 0 Å². The quantitative estimate of drug-likeness (QED) is 0.736. The molecular weight excluding hydrogens is 358 g/mol. The van der Waals surface area contributed by atoms with E-state index >= 15 is 0 Å². The monoisotopic (exact) mass is 385 g/mol. The van der Waals surface area contributed by atoms with Crippen molar-refractivity contribution in [3.05, 3.63) is 48.0 Å². The lowest BCUT2D eigenvalue weighted by molar-refractivity contribution is -0.140. The number of piperidine rings is 1. The number of nitrogens with zero attached hydrogens (tertiary/aromatic N) is 1. The number of carbonyl (C=O) groups is 2. The lowest BCUT2D eigenvalue weighted by atomic mass is 9.48. The normalized spacial score (nSPS) is 39.5. The van der Waals surface area contributed by atoms with E-state index < -0.39 is 5.97 Å². The van der Waals surface area contributed by atoms with Crippen LogP contribution in [0, 0.1) is 23.2 Å². The Bertz CT molecular complexity index is 813. The molecule has 6 nitrogen and oxygen atoms in total. The van der Waals surface area contributed by atoms with Crippen LogP contribution >= 0.6 is 0 Å². The number of aliphatic carboxylic acids is 1. The maximum absolute atomic E-state index is 12.6. The van der Waals surface area contributed by atoms with E-state index in [1.807, 2.05) is 6.08 Å². The van der Waals surface area contributed by atoms with Crippen LogP contribution in [0.25, 0.3) is 0 Å². The van der Waals surface area contributed by atoms with Gasteiger partial charge in [0.05, 0.1) is 7.11 Å². The first-order valence-electron chi connectivity index (χ1n) is 9.75. The van der Waals surface area contributed by atoms with Crippen LogP contribution in [0.5, 0.6) is 0 Å². The number of rotatable bonds is 2. The standard InChI is InChI=1S/C18H21NO3.C4H6O2/c1-19-8-7-18-11-4-5-13(20)17(18)22-16-14(21-2)6-3-10(15(16)18)9-12(11)19;1-3(2)4(5)6/h3-6,10-12,15,17H,7-9H2,1-2H3;1H2,2H3,(H,5,6)/t10?,11-,12+,15?,17-,18-;/m0./s1. The Kier molecular flexibility index (Phi) is 4.49. The van der Waals surface area contributed by atoms with Crippen LogP contribution in [0.1, 0.15) is 19.8 Å². The third kappa shape index (κ3) is 2.50. The Morgan fingerprint density at radius 2 is 2.11 bits per heavy atom. The molecule has 3 fully saturated rings. The van der Waals surface area contributed by atoms with E-state index in [1.54, 1.807) is 13.2 Å². The van der Waals surface area contributed by atoms with Crippen molar-refractivity contribution in [3.8, 4) is 0 Å². The molecule has 28 heavy (non-hydrogen) atoms. The fourth-order valence-corrected chi connectivity index (χ4v) is 5.83. The first kappa shape index (κ1) is 19.0. The highest BCUT2D eigenvalue weighted by molar-refractivity contribution is 5.96. The highest BCUT2D eigenvalue weighted by atomic mass is 16.5. The van der Waals surface area contributed by atoms with E-state index in [2.05, 4.69) is 30.7 Å². The molecule has 2 bridgehead atoms. The summed E-state index contributed by atoms with van der Waals surface area (Å²) in [5.41, 5.74) is 0.116. The maximum Gasteiger partial charge on any atom is 0.330 e. The molecule has 5 rings (SSSR count). The molecule has 2 saturated heterocycles. The van der Waals surface area contributed by atoms with Gasteiger partial charge in [-0.1, -0.05) is 18.7 Å².